The molecule has 0 radical (unpaired) electrons. The molecule has 8 heteroatoms. The number of thiazole rings is 1. The van der Waals surface area contributed by atoms with Crippen molar-refractivity contribution >= 4 is 28.9 Å². The highest BCUT2D eigenvalue weighted by molar-refractivity contribution is 7.14. The molecule has 3 rings (SSSR count). The van der Waals surface area contributed by atoms with Gasteiger partial charge in [0.1, 0.15) is 16.5 Å². The SMILES string of the molecule is Cc1nc(-c2ccccc2)c(C(=O)O[C@@H](C)C(=O)Nc2cc(F)ccc2F)s1. The second-order valence-corrected chi connectivity index (χ2v) is 7.14. The van der Waals surface area contributed by atoms with Gasteiger partial charge < -0.3 is 10.1 Å². The standard InChI is InChI=1S/C20H16F2N2O3S/c1-11(19(25)24-16-10-14(21)8-9-15(16)22)27-20(26)18-17(23-12(2)28-18)13-6-4-3-5-7-13/h3-11H,1-2H3,(H,24,25)/t11-/m0/s1. The Kier molecular flexibility index (Phi) is 5.79. The summed E-state index contributed by atoms with van der Waals surface area (Å²) in [5.74, 6) is -2.99. The quantitative estimate of drug-likeness (QED) is 0.635. The van der Waals surface area contributed by atoms with Gasteiger partial charge in [-0.15, -0.1) is 11.3 Å². The number of nitrogens with zero attached hydrogens (tertiary/aromatic N) is 1. The molecule has 3 aromatic rings. The monoisotopic (exact) mass is 402 g/mol. The van der Waals surface area contributed by atoms with E-state index in [2.05, 4.69) is 10.3 Å². The summed E-state index contributed by atoms with van der Waals surface area (Å²) in [6.45, 7) is 3.11. The fourth-order valence-corrected chi connectivity index (χ4v) is 3.28. The molecule has 5 nitrogen and oxygen atoms in total. The molecule has 2 aromatic carbocycles. The van der Waals surface area contributed by atoms with Crippen LogP contribution in [0, 0.1) is 18.6 Å². The molecule has 0 aliphatic rings. The molecule has 1 heterocycles. The summed E-state index contributed by atoms with van der Waals surface area (Å²) in [5, 5.41) is 2.89. The molecule has 1 amide bonds. The maximum absolute atomic E-state index is 13.7. The second-order valence-electron chi connectivity index (χ2n) is 5.94. The number of rotatable bonds is 5. The molecule has 0 bridgehead atoms. The minimum Gasteiger partial charge on any atom is -0.448 e. The number of aromatic nitrogens is 1. The Morgan fingerprint density at radius 1 is 1.14 bits per heavy atom. The van der Waals surface area contributed by atoms with Crippen molar-refractivity contribution in [3.63, 3.8) is 0 Å². The van der Waals surface area contributed by atoms with Crippen molar-refractivity contribution in [2.45, 2.75) is 20.0 Å². The van der Waals surface area contributed by atoms with Gasteiger partial charge in [-0.2, -0.15) is 0 Å². The van der Waals surface area contributed by atoms with E-state index in [4.69, 9.17) is 4.74 Å². The lowest BCUT2D eigenvalue weighted by Crippen LogP contribution is -2.30. The van der Waals surface area contributed by atoms with Gasteiger partial charge in [0.15, 0.2) is 6.10 Å². The number of esters is 1. The third-order valence-corrected chi connectivity index (χ3v) is 4.76. The van der Waals surface area contributed by atoms with Crippen LogP contribution in [-0.2, 0) is 9.53 Å². The van der Waals surface area contributed by atoms with Crippen LogP contribution in [0.1, 0.15) is 21.6 Å². The highest BCUT2D eigenvalue weighted by atomic mass is 32.1. The van der Waals surface area contributed by atoms with E-state index in [1.807, 2.05) is 30.3 Å². The maximum Gasteiger partial charge on any atom is 0.351 e. The first-order valence-electron chi connectivity index (χ1n) is 8.35. The number of carbonyl (C=O) groups is 2. The van der Waals surface area contributed by atoms with E-state index < -0.39 is 29.6 Å². The molecule has 0 unspecified atom stereocenters. The molecule has 1 atom stereocenters. The zero-order chi connectivity index (χ0) is 20.3. The fourth-order valence-electron chi connectivity index (χ4n) is 2.45. The summed E-state index contributed by atoms with van der Waals surface area (Å²) in [5.41, 5.74) is 0.890. The van der Waals surface area contributed by atoms with Crippen molar-refractivity contribution < 1.29 is 23.1 Å². The van der Waals surface area contributed by atoms with E-state index in [1.54, 1.807) is 6.92 Å². The Labute approximate surface area is 164 Å². The zero-order valence-electron chi connectivity index (χ0n) is 15.0. The van der Waals surface area contributed by atoms with Crippen LogP contribution in [0.15, 0.2) is 48.5 Å². The van der Waals surface area contributed by atoms with Gasteiger partial charge in [-0.25, -0.2) is 18.6 Å². The number of hydrogen-bond acceptors (Lipinski definition) is 5. The number of nitrogens with one attached hydrogen (secondary N) is 1. The van der Waals surface area contributed by atoms with Gasteiger partial charge >= 0.3 is 5.97 Å². The van der Waals surface area contributed by atoms with Crippen molar-refractivity contribution in [1.29, 1.82) is 0 Å². The summed E-state index contributed by atoms with van der Waals surface area (Å²) >= 11 is 1.15. The summed E-state index contributed by atoms with van der Waals surface area (Å²) in [6, 6.07) is 11.8. The Balaban J connectivity index is 1.74. The predicted octanol–water partition coefficient (Wildman–Crippen LogP) is 4.58. The Hall–Kier alpha value is -3.13. The summed E-state index contributed by atoms with van der Waals surface area (Å²) in [6.07, 6.45) is -1.22. The van der Waals surface area contributed by atoms with Crippen molar-refractivity contribution in [2.24, 2.45) is 0 Å². The lowest BCUT2D eigenvalue weighted by Gasteiger charge is -2.14. The van der Waals surface area contributed by atoms with Gasteiger partial charge in [-0.1, -0.05) is 30.3 Å². The van der Waals surface area contributed by atoms with Crippen LogP contribution in [0.25, 0.3) is 11.3 Å². The number of benzene rings is 2. The number of ether oxygens (including phenoxy) is 1. The van der Waals surface area contributed by atoms with E-state index in [1.165, 1.54) is 6.92 Å². The highest BCUT2D eigenvalue weighted by Crippen LogP contribution is 2.29. The lowest BCUT2D eigenvalue weighted by molar-refractivity contribution is -0.123. The molecule has 144 valence electrons. The smallest absolute Gasteiger partial charge is 0.351 e. The third-order valence-electron chi connectivity index (χ3n) is 3.81. The van der Waals surface area contributed by atoms with Gasteiger partial charge in [0, 0.05) is 11.6 Å². The Bertz CT molecular complexity index is 1020. The third kappa shape index (κ3) is 4.40. The number of aryl methyl sites for hydroxylation is 1. The highest BCUT2D eigenvalue weighted by Gasteiger charge is 2.25. The van der Waals surface area contributed by atoms with Crippen molar-refractivity contribution in [3.8, 4) is 11.3 Å². The largest absolute Gasteiger partial charge is 0.448 e. The molecular weight excluding hydrogens is 386 g/mol. The average molecular weight is 402 g/mol. The molecule has 0 aliphatic heterocycles. The molecular formula is C20H16F2N2O3S. The number of anilines is 1. The van der Waals surface area contributed by atoms with Gasteiger partial charge in [-0.05, 0) is 26.0 Å². The van der Waals surface area contributed by atoms with E-state index >= 15 is 0 Å². The second kappa shape index (κ2) is 8.26. The van der Waals surface area contributed by atoms with Crippen LogP contribution in [0.5, 0.6) is 0 Å². The van der Waals surface area contributed by atoms with E-state index in [9.17, 15) is 18.4 Å². The van der Waals surface area contributed by atoms with Crippen LogP contribution >= 0.6 is 11.3 Å². The molecule has 0 aliphatic carbocycles. The summed E-state index contributed by atoms with van der Waals surface area (Å²) in [4.78, 5) is 29.4. The molecule has 0 fully saturated rings. The lowest BCUT2D eigenvalue weighted by atomic mass is 10.1. The van der Waals surface area contributed by atoms with Crippen LogP contribution in [0.4, 0.5) is 14.5 Å². The minimum atomic E-state index is -1.22. The first kappa shape index (κ1) is 19.6. The number of halogens is 2. The molecule has 1 aromatic heterocycles. The Morgan fingerprint density at radius 2 is 1.86 bits per heavy atom. The topological polar surface area (TPSA) is 68.3 Å². The van der Waals surface area contributed by atoms with Crippen LogP contribution in [0.3, 0.4) is 0 Å². The van der Waals surface area contributed by atoms with Gasteiger partial charge in [-0.3, -0.25) is 4.79 Å². The van der Waals surface area contributed by atoms with E-state index in [0.717, 1.165) is 35.1 Å². The average Bonchev–Trinajstić information content (AvgIpc) is 3.07. The van der Waals surface area contributed by atoms with Crippen LogP contribution in [-0.4, -0.2) is 23.0 Å². The zero-order valence-corrected chi connectivity index (χ0v) is 15.8. The molecule has 0 saturated heterocycles. The predicted molar refractivity (Wildman–Crippen MR) is 102 cm³/mol. The van der Waals surface area contributed by atoms with Gasteiger partial charge in [0.2, 0.25) is 0 Å². The first-order chi connectivity index (χ1) is 13.3. The fraction of sp³-hybridized carbons (Fsp3) is 0.150. The van der Waals surface area contributed by atoms with Crippen molar-refractivity contribution in [3.05, 3.63) is 70.1 Å². The molecule has 0 saturated carbocycles. The number of amides is 1. The van der Waals surface area contributed by atoms with E-state index in [0.29, 0.717) is 10.7 Å². The van der Waals surface area contributed by atoms with Crippen molar-refractivity contribution in [1.82, 2.24) is 4.98 Å². The van der Waals surface area contributed by atoms with Crippen LogP contribution < -0.4 is 5.32 Å². The van der Waals surface area contributed by atoms with Gasteiger partial charge in [0.25, 0.3) is 5.91 Å². The summed E-state index contributed by atoms with van der Waals surface area (Å²) in [7, 11) is 0. The normalized spacial score (nSPS) is 11.7. The number of carbonyl (C=O) groups excluding carboxylic acids is 2. The molecule has 1 N–H and O–H groups in total. The van der Waals surface area contributed by atoms with E-state index in [-0.39, 0.29) is 10.6 Å². The first-order valence-corrected chi connectivity index (χ1v) is 9.16. The number of hydrogen-bond donors (Lipinski definition) is 1. The molecule has 0 spiro atoms. The molecule has 28 heavy (non-hydrogen) atoms. The van der Waals surface area contributed by atoms with Crippen LogP contribution in [0.2, 0.25) is 0 Å². The van der Waals surface area contributed by atoms with Gasteiger partial charge in [0.05, 0.1) is 16.4 Å². The maximum atomic E-state index is 13.7. The van der Waals surface area contributed by atoms with Crippen molar-refractivity contribution in [2.75, 3.05) is 5.32 Å². The minimum absolute atomic E-state index is 0.264. The summed E-state index contributed by atoms with van der Waals surface area (Å²) < 4.78 is 32.1. The Morgan fingerprint density at radius 3 is 2.57 bits per heavy atom.